The van der Waals surface area contributed by atoms with Gasteiger partial charge in [0.05, 0.1) is 13.1 Å². The Labute approximate surface area is 161 Å². The largest absolute Gasteiger partial charge is 0.352 e. The van der Waals surface area contributed by atoms with Crippen molar-refractivity contribution in [3.63, 3.8) is 0 Å². The molecule has 2 atom stereocenters. The molecule has 0 bridgehead atoms. The van der Waals surface area contributed by atoms with Gasteiger partial charge < -0.3 is 10.6 Å². The second-order valence-electron chi connectivity index (χ2n) is 8.33. The van der Waals surface area contributed by atoms with Gasteiger partial charge in [0.25, 0.3) is 0 Å². The minimum absolute atomic E-state index is 0.116. The van der Waals surface area contributed by atoms with E-state index in [1.807, 2.05) is 18.2 Å². The van der Waals surface area contributed by atoms with E-state index in [0.29, 0.717) is 25.2 Å². The lowest BCUT2D eigenvalue weighted by atomic mass is 9.99. The number of nitrogens with one attached hydrogen (secondary N) is 2. The van der Waals surface area contributed by atoms with Gasteiger partial charge >= 0.3 is 0 Å². The fourth-order valence-electron chi connectivity index (χ4n) is 3.95. The molecule has 3 fully saturated rings. The van der Waals surface area contributed by atoms with Crippen molar-refractivity contribution in [2.24, 2.45) is 0 Å². The molecular formula is C21H30N4O2. The molecule has 2 N–H and O–H groups in total. The number of benzene rings is 1. The van der Waals surface area contributed by atoms with E-state index < -0.39 is 0 Å². The Morgan fingerprint density at radius 2 is 1.52 bits per heavy atom. The average Bonchev–Trinajstić information content (AvgIpc) is 3.55. The third kappa shape index (κ3) is 5.08. The van der Waals surface area contributed by atoms with Crippen LogP contribution in [0.2, 0.25) is 0 Å². The number of carbonyl (C=O) groups is 2. The molecule has 0 radical (unpaired) electrons. The molecule has 0 aromatic heterocycles. The van der Waals surface area contributed by atoms with E-state index in [9.17, 15) is 9.59 Å². The lowest BCUT2D eigenvalue weighted by molar-refractivity contribution is -0.127. The van der Waals surface area contributed by atoms with Gasteiger partial charge in [-0.15, -0.1) is 0 Å². The number of rotatable bonds is 7. The van der Waals surface area contributed by atoms with Gasteiger partial charge in [-0.1, -0.05) is 30.3 Å². The molecule has 27 heavy (non-hydrogen) atoms. The fraction of sp³-hybridized carbons (Fsp3) is 0.619. The quantitative estimate of drug-likeness (QED) is 0.759. The zero-order valence-electron chi connectivity index (χ0n) is 16.1. The molecule has 146 valence electrons. The zero-order valence-corrected chi connectivity index (χ0v) is 16.1. The van der Waals surface area contributed by atoms with Crippen molar-refractivity contribution in [1.29, 1.82) is 0 Å². The Bertz CT molecular complexity index is 672. The van der Waals surface area contributed by atoms with Crippen molar-refractivity contribution in [2.45, 2.75) is 56.8 Å². The molecule has 0 spiro atoms. The van der Waals surface area contributed by atoms with E-state index >= 15 is 0 Å². The van der Waals surface area contributed by atoms with Crippen molar-refractivity contribution in [2.75, 3.05) is 26.2 Å². The third-order valence-corrected chi connectivity index (χ3v) is 5.68. The minimum atomic E-state index is 0.116. The van der Waals surface area contributed by atoms with Crippen LogP contribution in [-0.4, -0.2) is 65.9 Å². The molecule has 2 amide bonds. The van der Waals surface area contributed by atoms with Crippen molar-refractivity contribution in [3.05, 3.63) is 35.9 Å². The molecule has 6 nitrogen and oxygen atoms in total. The molecular weight excluding hydrogens is 340 g/mol. The monoisotopic (exact) mass is 370 g/mol. The van der Waals surface area contributed by atoms with E-state index in [4.69, 9.17) is 0 Å². The molecule has 0 unspecified atom stereocenters. The van der Waals surface area contributed by atoms with Gasteiger partial charge in [-0.3, -0.25) is 19.4 Å². The van der Waals surface area contributed by atoms with E-state index in [1.165, 1.54) is 5.56 Å². The van der Waals surface area contributed by atoms with Crippen LogP contribution in [-0.2, 0) is 9.59 Å². The van der Waals surface area contributed by atoms with E-state index in [0.717, 1.165) is 38.8 Å². The Kier molecular flexibility index (Phi) is 5.45. The van der Waals surface area contributed by atoms with Crippen LogP contribution in [0, 0.1) is 0 Å². The highest BCUT2D eigenvalue weighted by Gasteiger charge is 2.36. The van der Waals surface area contributed by atoms with Crippen molar-refractivity contribution >= 4 is 11.8 Å². The standard InChI is InChI=1S/C21H30N4O2/c1-15-11-24(13-20(26)22-17-7-8-17)12-19(16-5-3-2-4-6-16)25(15)14-21(27)23-18-9-10-18/h2-6,15,17-19H,7-14H2,1H3,(H,22,26)(H,23,27)/t15-,19-/m1/s1. The predicted octanol–water partition coefficient (Wildman–Crippen LogP) is 1.29. The highest BCUT2D eigenvalue weighted by molar-refractivity contribution is 5.79. The number of hydrogen-bond donors (Lipinski definition) is 2. The molecule has 6 heteroatoms. The number of nitrogens with zero attached hydrogens (tertiary/aromatic N) is 2. The van der Waals surface area contributed by atoms with E-state index in [-0.39, 0.29) is 23.9 Å². The normalized spacial score (nSPS) is 26.6. The summed E-state index contributed by atoms with van der Waals surface area (Å²) in [4.78, 5) is 29.2. The van der Waals surface area contributed by atoms with Gasteiger partial charge in [-0.05, 0) is 38.2 Å². The van der Waals surface area contributed by atoms with Gasteiger partial charge in [0.1, 0.15) is 0 Å². The lowest BCUT2D eigenvalue weighted by Gasteiger charge is -2.45. The molecule has 1 aromatic rings. The number of carbonyl (C=O) groups excluding carboxylic acids is 2. The Hall–Kier alpha value is -1.92. The van der Waals surface area contributed by atoms with E-state index in [1.54, 1.807) is 0 Å². The molecule has 3 aliphatic rings. The summed E-state index contributed by atoms with van der Waals surface area (Å²) in [5, 5.41) is 6.19. The summed E-state index contributed by atoms with van der Waals surface area (Å²) >= 11 is 0. The molecule has 1 aliphatic heterocycles. The summed E-state index contributed by atoms with van der Waals surface area (Å²) < 4.78 is 0. The fourth-order valence-corrected chi connectivity index (χ4v) is 3.95. The summed E-state index contributed by atoms with van der Waals surface area (Å²) in [5.41, 5.74) is 1.20. The van der Waals surface area contributed by atoms with Crippen LogP contribution in [0.5, 0.6) is 0 Å². The highest BCUT2D eigenvalue weighted by Crippen LogP contribution is 2.29. The van der Waals surface area contributed by atoms with Crippen molar-refractivity contribution < 1.29 is 9.59 Å². The second-order valence-corrected chi connectivity index (χ2v) is 8.33. The van der Waals surface area contributed by atoms with Crippen LogP contribution in [0.3, 0.4) is 0 Å². The maximum absolute atomic E-state index is 12.4. The Morgan fingerprint density at radius 3 is 2.11 bits per heavy atom. The molecule has 4 rings (SSSR count). The highest BCUT2D eigenvalue weighted by atomic mass is 16.2. The first-order valence-corrected chi connectivity index (χ1v) is 10.2. The minimum Gasteiger partial charge on any atom is -0.352 e. The molecule has 1 heterocycles. The van der Waals surface area contributed by atoms with Crippen LogP contribution in [0.4, 0.5) is 0 Å². The molecule has 2 saturated carbocycles. The van der Waals surface area contributed by atoms with Crippen LogP contribution in [0.25, 0.3) is 0 Å². The lowest BCUT2D eigenvalue weighted by Crippen LogP contribution is -2.57. The maximum atomic E-state index is 12.4. The number of piperazine rings is 1. The first-order valence-electron chi connectivity index (χ1n) is 10.2. The Balaban J connectivity index is 1.44. The smallest absolute Gasteiger partial charge is 0.234 e. The van der Waals surface area contributed by atoms with Gasteiger partial charge in [-0.2, -0.15) is 0 Å². The van der Waals surface area contributed by atoms with Crippen LogP contribution >= 0.6 is 0 Å². The van der Waals surface area contributed by atoms with Gasteiger partial charge in [0, 0.05) is 37.3 Å². The van der Waals surface area contributed by atoms with Crippen LogP contribution in [0.1, 0.15) is 44.2 Å². The summed E-state index contributed by atoms with van der Waals surface area (Å²) in [6.07, 6.45) is 4.43. The summed E-state index contributed by atoms with van der Waals surface area (Å²) in [5.74, 6) is 0.238. The summed E-state index contributed by atoms with van der Waals surface area (Å²) in [7, 11) is 0. The summed E-state index contributed by atoms with van der Waals surface area (Å²) in [6.45, 7) is 4.58. The van der Waals surface area contributed by atoms with Crippen molar-refractivity contribution in [1.82, 2.24) is 20.4 Å². The first-order chi connectivity index (χ1) is 13.1. The topological polar surface area (TPSA) is 64.7 Å². The third-order valence-electron chi connectivity index (χ3n) is 5.68. The first kappa shape index (κ1) is 18.4. The van der Waals surface area contributed by atoms with Crippen LogP contribution < -0.4 is 10.6 Å². The maximum Gasteiger partial charge on any atom is 0.234 e. The van der Waals surface area contributed by atoms with Crippen LogP contribution in [0.15, 0.2) is 30.3 Å². The Morgan fingerprint density at radius 1 is 0.926 bits per heavy atom. The van der Waals surface area contributed by atoms with Gasteiger partial charge in [0.2, 0.25) is 11.8 Å². The second kappa shape index (κ2) is 7.98. The van der Waals surface area contributed by atoms with Gasteiger partial charge in [-0.25, -0.2) is 0 Å². The molecule has 2 aliphatic carbocycles. The molecule has 1 saturated heterocycles. The summed E-state index contributed by atoms with van der Waals surface area (Å²) in [6, 6.07) is 11.5. The predicted molar refractivity (Wildman–Crippen MR) is 104 cm³/mol. The number of amides is 2. The average molecular weight is 370 g/mol. The number of hydrogen-bond acceptors (Lipinski definition) is 4. The zero-order chi connectivity index (χ0) is 18.8. The SMILES string of the molecule is C[C@@H]1CN(CC(=O)NC2CC2)C[C@H](c2ccccc2)N1CC(=O)NC1CC1. The van der Waals surface area contributed by atoms with Gasteiger partial charge in [0.15, 0.2) is 0 Å². The van der Waals surface area contributed by atoms with E-state index in [2.05, 4.69) is 39.5 Å². The molecule has 1 aromatic carbocycles. The van der Waals surface area contributed by atoms with Crippen molar-refractivity contribution in [3.8, 4) is 0 Å².